The van der Waals surface area contributed by atoms with Crippen LogP contribution in [0, 0.1) is 6.92 Å². The molecule has 0 aliphatic carbocycles. The lowest BCUT2D eigenvalue weighted by Gasteiger charge is -2.06. The van der Waals surface area contributed by atoms with Crippen LogP contribution < -0.4 is 0 Å². The fourth-order valence-electron chi connectivity index (χ4n) is 2.60. The van der Waals surface area contributed by atoms with E-state index in [9.17, 15) is 4.79 Å². The summed E-state index contributed by atoms with van der Waals surface area (Å²) in [5.41, 5.74) is 2.33. The molecule has 3 aromatic rings. The number of fused-ring (bicyclic) bond motifs is 1. The lowest BCUT2D eigenvalue weighted by atomic mass is 9.98. The summed E-state index contributed by atoms with van der Waals surface area (Å²) in [6, 6.07) is 13.7. The molecule has 0 unspecified atom stereocenters. The summed E-state index contributed by atoms with van der Waals surface area (Å²) in [5.74, 6) is 0.0600. The van der Waals surface area contributed by atoms with Crippen molar-refractivity contribution in [3.63, 3.8) is 0 Å². The number of carbonyl (C=O) groups is 1. The monoisotopic (exact) mass is 298 g/mol. The van der Waals surface area contributed by atoms with Crippen LogP contribution >= 0.6 is 11.6 Å². The number of ketones is 1. The van der Waals surface area contributed by atoms with E-state index in [1.54, 1.807) is 11.7 Å². The maximum atomic E-state index is 12.6. The van der Waals surface area contributed by atoms with Crippen LogP contribution in [0.5, 0.6) is 0 Å². The molecule has 21 heavy (non-hydrogen) atoms. The Kier molecular flexibility index (Phi) is 3.52. The highest BCUT2D eigenvalue weighted by Gasteiger charge is 2.17. The number of aryl methyl sites for hydroxylation is 2. The van der Waals surface area contributed by atoms with Crippen molar-refractivity contribution in [2.75, 3.05) is 0 Å². The molecule has 0 aliphatic rings. The first-order valence-corrected chi connectivity index (χ1v) is 7.14. The summed E-state index contributed by atoms with van der Waals surface area (Å²) >= 11 is 6.21. The maximum absolute atomic E-state index is 12.6. The highest BCUT2D eigenvalue weighted by Crippen LogP contribution is 2.24. The summed E-state index contributed by atoms with van der Waals surface area (Å²) in [7, 11) is 1.78. The largest absolute Gasteiger partial charge is 0.294 e. The highest BCUT2D eigenvalue weighted by molar-refractivity contribution is 6.30. The SMILES string of the molecule is Cc1nn(C)c(Cl)c1CC(=O)c1cccc2ccccc12. The van der Waals surface area contributed by atoms with Gasteiger partial charge >= 0.3 is 0 Å². The van der Waals surface area contributed by atoms with Crippen LogP contribution in [0.1, 0.15) is 21.6 Å². The van der Waals surface area contributed by atoms with Gasteiger partial charge in [-0.1, -0.05) is 54.1 Å². The average molecular weight is 299 g/mol. The first kappa shape index (κ1) is 13.8. The normalized spacial score (nSPS) is 11.0. The van der Waals surface area contributed by atoms with Crippen molar-refractivity contribution >= 4 is 28.2 Å². The Morgan fingerprint density at radius 1 is 1.19 bits per heavy atom. The molecule has 0 saturated heterocycles. The molecule has 0 atom stereocenters. The molecule has 0 bridgehead atoms. The van der Waals surface area contributed by atoms with Gasteiger partial charge in [-0.3, -0.25) is 9.48 Å². The Hall–Kier alpha value is -2.13. The number of halogens is 1. The van der Waals surface area contributed by atoms with E-state index >= 15 is 0 Å². The smallest absolute Gasteiger partial charge is 0.168 e. The van der Waals surface area contributed by atoms with Crippen LogP contribution in [0.15, 0.2) is 42.5 Å². The molecule has 0 fully saturated rings. The predicted octanol–water partition coefficient (Wildman–Crippen LogP) is 3.96. The maximum Gasteiger partial charge on any atom is 0.168 e. The molecular formula is C17H15ClN2O. The van der Waals surface area contributed by atoms with E-state index in [2.05, 4.69) is 5.10 Å². The van der Waals surface area contributed by atoms with E-state index < -0.39 is 0 Å². The fourth-order valence-corrected chi connectivity index (χ4v) is 2.84. The molecule has 0 spiro atoms. The van der Waals surface area contributed by atoms with Gasteiger partial charge < -0.3 is 0 Å². The average Bonchev–Trinajstić information content (AvgIpc) is 2.73. The number of nitrogens with zero attached hydrogens (tertiary/aromatic N) is 2. The van der Waals surface area contributed by atoms with Gasteiger partial charge in [-0.05, 0) is 17.7 Å². The van der Waals surface area contributed by atoms with Gasteiger partial charge in [0.15, 0.2) is 5.78 Å². The third kappa shape index (κ3) is 2.45. The van der Waals surface area contributed by atoms with Crippen molar-refractivity contribution in [3.8, 4) is 0 Å². The van der Waals surface area contributed by atoms with E-state index in [1.807, 2.05) is 49.4 Å². The van der Waals surface area contributed by atoms with Crippen LogP contribution in [0.2, 0.25) is 5.15 Å². The predicted molar refractivity (Wildman–Crippen MR) is 84.9 cm³/mol. The zero-order valence-corrected chi connectivity index (χ0v) is 12.7. The lowest BCUT2D eigenvalue weighted by Crippen LogP contribution is -2.05. The second-order valence-corrected chi connectivity index (χ2v) is 5.46. The molecule has 2 aromatic carbocycles. The fraction of sp³-hybridized carbons (Fsp3) is 0.176. The van der Waals surface area contributed by atoms with Gasteiger partial charge in [0.25, 0.3) is 0 Å². The molecule has 0 saturated carbocycles. The van der Waals surface area contributed by atoms with Crippen LogP contribution in [0.25, 0.3) is 10.8 Å². The first-order chi connectivity index (χ1) is 10.1. The molecule has 0 aliphatic heterocycles. The Morgan fingerprint density at radius 2 is 1.90 bits per heavy atom. The molecule has 3 nitrogen and oxygen atoms in total. The first-order valence-electron chi connectivity index (χ1n) is 6.77. The lowest BCUT2D eigenvalue weighted by molar-refractivity contribution is 0.0994. The van der Waals surface area contributed by atoms with Crippen LogP contribution in [-0.2, 0) is 13.5 Å². The molecule has 0 radical (unpaired) electrons. The van der Waals surface area contributed by atoms with Crippen molar-refractivity contribution in [1.82, 2.24) is 9.78 Å². The van der Waals surface area contributed by atoms with Crippen LogP contribution in [-0.4, -0.2) is 15.6 Å². The molecule has 3 rings (SSSR count). The summed E-state index contributed by atoms with van der Waals surface area (Å²) < 4.78 is 1.60. The summed E-state index contributed by atoms with van der Waals surface area (Å²) in [4.78, 5) is 12.6. The number of carbonyl (C=O) groups excluding carboxylic acids is 1. The van der Waals surface area contributed by atoms with Crippen LogP contribution in [0.3, 0.4) is 0 Å². The number of hydrogen-bond acceptors (Lipinski definition) is 2. The summed E-state index contributed by atoms with van der Waals surface area (Å²) in [6.45, 7) is 1.87. The third-order valence-electron chi connectivity index (χ3n) is 3.70. The van der Waals surface area contributed by atoms with E-state index in [1.165, 1.54) is 0 Å². The van der Waals surface area contributed by atoms with Gasteiger partial charge in [-0.15, -0.1) is 0 Å². The van der Waals surface area contributed by atoms with Gasteiger partial charge in [0.2, 0.25) is 0 Å². The Bertz CT molecular complexity index is 831. The summed E-state index contributed by atoms with van der Waals surface area (Å²) in [5, 5.41) is 6.82. The van der Waals surface area contributed by atoms with Crippen molar-refractivity contribution < 1.29 is 4.79 Å². The van der Waals surface area contributed by atoms with Crippen molar-refractivity contribution in [2.45, 2.75) is 13.3 Å². The van der Waals surface area contributed by atoms with E-state index in [0.29, 0.717) is 5.15 Å². The number of hydrogen-bond donors (Lipinski definition) is 0. The van der Waals surface area contributed by atoms with E-state index in [4.69, 9.17) is 11.6 Å². The quantitative estimate of drug-likeness (QED) is 0.686. The van der Waals surface area contributed by atoms with E-state index in [0.717, 1.165) is 27.6 Å². The second-order valence-electron chi connectivity index (χ2n) is 5.11. The van der Waals surface area contributed by atoms with Crippen LogP contribution in [0.4, 0.5) is 0 Å². The Labute approximate surface area is 128 Å². The molecule has 1 heterocycles. The standard InChI is InChI=1S/C17H15ClN2O/c1-11-15(17(18)20(2)19-11)10-16(21)14-9-5-7-12-6-3-4-8-13(12)14/h3-9H,10H2,1-2H3. The summed E-state index contributed by atoms with van der Waals surface area (Å²) in [6.07, 6.45) is 0.270. The minimum Gasteiger partial charge on any atom is -0.294 e. The van der Waals surface area contributed by atoms with Crippen molar-refractivity contribution in [2.24, 2.45) is 7.05 Å². The van der Waals surface area contributed by atoms with Crippen molar-refractivity contribution in [1.29, 1.82) is 0 Å². The van der Waals surface area contributed by atoms with Gasteiger partial charge in [-0.2, -0.15) is 5.10 Å². The zero-order valence-electron chi connectivity index (χ0n) is 11.9. The number of rotatable bonds is 3. The van der Waals surface area contributed by atoms with Gasteiger partial charge in [-0.25, -0.2) is 0 Å². The number of aromatic nitrogens is 2. The molecule has 1 aromatic heterocycles. The number of benzene rings is 2. The molecule has 0 N–H and O–H groups in total. The Morgan fingerprint density at radius 3 is 2.62 bits per heavy atom. The number of Topliss-reactive ketones (excluding diaryl/α,β-unsaturated/α-hetero) is 1. The van der Waals surface area contributed by atoms with E-state index in [-0.39, 0.29) is 12.2 Å². The second kappa shape index (κ2) is 5.34. The molecular weight excluding hydrogens is 284 g/mol. The molecule has 4 heteroatoms. The topological polar surface area (TPSA) is 34.9 Å². The van der Waals surface area contributed by atoms with Gasteiger partial charge in [0, 0.05) is 24.6 Å². The minimum absolute atomic E-state index is 0.0600. The van der Waals surface area contributed by atoms with Gasteiger partial charge in [0.05, 0.1) is 5.69 Å². The Balaban J connectivity index is 2.02. The molecule has 0 amide bonds. The zero-order chi connectivity index (χ0) is 15.0. The third-order valence-corrected chi connectivity index (χ3v) is 4.17. The minimum atomic E-state index is 0.0600. The molecule has 106 valence electrons. The van der Waals surface area contributed by atoms with Crippen molar-refractivity contribution in [3.05, 3.63) is 64.4 Å². The highest BCUT2D eigenvalue weighted by atomic mass is 35.5. The van der Waals surface area contributed by atoms with Gasteiger partial charge in [0.1, 0.15) is 5.15 Å².